The summed E-state index contributed by atoms with van der Waals surface area (Å²) in [6.45, 7) is 2.03. The minimum atomic E-state index is -0.346. The maximum Gasteiger partial charge on any atom is 0.252 e. The number of nitrogens with two attached hydrogens (primary N) is 1. The molecule has 0 radical (unpaired) electrons. The van der Waals surface area contributed by atoms with E-state index in [0.29, 0.717) is 17.1 Å². The van der Waals surface area contributed by atoms with Crippen LogP contribution >= 0.6 is 11.8 Å². The third kappa shape index (κ3) is 5.68. The first-order chi connectivity index (χ1) is 13.0. The van der Waals surface area contributed by atoms with Crippen LogP contribution in [0.2, 0.25) is 0 Å². The molecule has 27 heavy (non-hydrogen) atoms. The molecule has 4 N–H and O–H groups in total. The van der Waals surface area contributed by atoms with Crippen LogP contribution in [0.1, 0.15) is 11.3 Å². The van der Waals surface area contributed by atoms with Crippen molar-refractivity contribution in [2.24, 2.45) is 10.7 Å². The van der Waals surface area contributed by atoms with Crippen LogP contribution in [0, 0.1) is 12.7 Å². The average Bonchev–Trinajstić information content (AvgIpc) is 2.63. The molecule has 0 aliphatic rings. The highest BCUT2D eigenvalue weighted by Crippen LogP contribution is 2.22. The molecule has 6 nitrogen and oxygen atoms in total. The summed E-state index contributed by atoms with van der Waals surface area (Å²) in [6, 6.07) is 15.2. The topological polar surface area (TPSA) is 96.2 Å². The van der Waals surface area contributed by atoms with Crippen LogP contribution in [0.4, 0.5) is 16.0 Å². The standard InChI is InChI=1S/C19H18FN5OS/c1-12-2-8-16(9-3-12)27-11-15-10-17(26)24-19(23-15)25-18(21)22-14-6-4-13(20)5-7-14/h2-10H,11H2,1H3,(H4,21,22,23,24,25,26). The van der Waals surface area contributed by atoms with E-state index in [4.69, 9.17) is 5.73 Å². The van der Waals surface area contributed by atoms with Gasteiger partial charge in [-0.05, 0) is 43.3 Å². The molecule has 0 fully saturated rings. The molecule has 0 saturated carbocycles. The molecule has 0 aliphatic carbocycles. The minimum Gasteiger partial charge on any atom is -0.369 e. The second kappa shape index (κ2) is 8.50. The number of hydrogen-bond acceptors (Lipinski definition) is 4. The lowest BCUT2D eigenvalue weighted by molar-refractivity contribution is 0.628. The Bertz CT molecular complexity index is 1000. The number of rotatable bonds is 5. The van der Waals surface area contributed by atoms with Gasteiger partial charge in [-0.2, -0.15) is 4.99 Å². The number of benzene rings is 2. The van der Waals surface area contributed by atoms with Gasteiger partial charge in [0.05, 0.1) is 5.69 Å². The van der Waals surface area contributed by atoms with Crippen molar-refractivity contribution in [3.8, 4) is 0 Å². The number of thioether (sulfide) groups is 1. The minimum absolute atomic E-state index is 0.0353. The van der Waals surface area contributed by atoms with Gasteiger partial charge < -0.3 is 11.1 Å². The maximum absolute atomic E-state index is 12.9. The summed E-state index contributed by atoms with van der Waals surface area (Å²) in [7, 11) is 0. The van der Waals surface area contributed by atoms with Crippen LogP contribution in [0.15, 0.2) is 69.3 Å². The number of guanidine groups is 1. The van der Waals surface area contributed by atoms with Crippen molar-refractivity contribution in [3.63, 3.8) is 0 Å². The molecule has 3 aromatic rings. The number of hydrogen-bond donors (Lipinski definition) is 3. The van der Waals surface area contributed by atoms with Gasteiger partial charge in [0.2, 0.25) is 11.9 Å². The second-order valence-corrected chi connectivity index (χ2v) is 6.84. The number of aromatic nitrogens is 2. The molecule has 0 aliphatic heterocycles. The first kappa shape index (κ1) is 18.7. The van der Waals surface area contributed by atoms with Gasteiger partial charge in [0.15, 0.2) is 0 Å². The normalized spacial score (nSPS) is 11.4. The number of aliphatic imine (C=N–C) groups is 1. The lowest BCUT2D eigenvalue weighted by atomic mass is 10.2. The molecular formula is C19H18FN5OS. The zero-order valence-electron chi connectivity index (χ0n) is 14.6. The molecule has 138 valence electrons. The third-order valence-electron chi connectivity index (χ3n) is 3.53. The lowest BCUT2D eigenvalue weighted by Gasteiger charge is -2.06. The van der Waals surface area contributed by atoms with Crippen LogP contribution in [-0.4, -0.2) is 15.9 Å². The number of aromatic amines is 1. The molecule has 0 amide bonds. The largest absolute Gasteiger partial charge is 0.369 e. The number of nitrogens with one attached hydrogen (secondary N) is 2. The molecule has 1 heterocycles. The van der Waals surface area contributed by atoms with Gasteiger partial charge in [-0.25, -0.2) is 9.37 Å². The zero-order chi connectivity index (χ0) is 19.2. The van der Waals surface area contributed by atoms with Crippen molar-refractivity contribution in [1.82, 2.24) is 9.97 Å². The number of anilines is 1. The first-order valence-corrected chi connectivity index (χ1v) is 9.13. The van der Waals surface area contributed by atoms with E-state index in [1.165, 1.54) is 35.9 Å². The molecule has 2 aromatic carbocycles. The van der Waals surface area contributed by atoms with Crippen molar-refractivity contribution < 1.29 is 4.39 Å². The highest BCUT2D eigenvalue weighted by Gasteiger charge is 2.04. The number of nitrogens with zero attached hydrogens (tertiary/aromatic N) is 2. The molecule has 1 aromatic heterocycles. The van der Waals surface area contributed by atoms with Crippen molar-refractivity contribution >= 4 is 29.4 Å². The average molecular weight is 383 g/mol. The fraction of sp³-hybridized carbons (Fsp3) is 0.105. The van der Waals surface area contributed by atoms with Gasteiger partial charge in [-0.1, -0.05) is 17.7 Å². The molecule has 0 spiro atoms. The lowest BCUT2D eigenvalue weighted by Crippen LogP contribution is -2.22. The number of halogens is 1. The van der Waals surface area contributed by atoms with E-state index >= 15 is 0 Å². The van der Waals surface area contributed by atoms with E-state index in [2.05, 4.69) is 20.3 Å². The van der Waals surface area contributed by atoms with Crippen molar-refractivity contribution in [2.45, 2.75) is 17.6 Å². The zero-order valence-corrected chi connectivity index (χ0v) is 15.4. The summed E-state index contributed by atoms with van der Waals surface area (Å²) in [4.78, 5) is 23.9. The van der Waals surface area contributed by atoms with Gasteiger partial charge in [-0.3, -0.25) is 9.78 Å². The van der Waals surface area contributed by atoms with Gasteiger partial charge in [0.25, 0.3) is 5.56 Å². The van der Waals surface area contributed by atoms with Crippen LogP contribution in [0.5, 0.6) is 0 Å². The van der Waals surface area contributed by atoms with E-state index in [-0.39, 0.29) is 23.3 Å². The molecule has 3 rings (SSSR count). The molecule has 8 heteroatoms. The Kier molecular flexibility index (Phi) is 5.87. The van der Waals surface area contributed by atoms with E-state index in [1.54, 1.807) is 11.8 Å². The fourth-order valence-electron chi connectivity index (χ4n) is 2.24. The Hall–Kier alpha value is -3.13. The SMILES string of the molecule is Cc1ccc(SCc2cc(=O)[nH]c(N=C(N)Nc3ccc(F)cc3)n2)cc1. The summed E-state index contributed by atoms with van der Waals surface area (Å²) >= 11 is 1.58. The van der Waals surface area contributed by atoms with Gasteiger partial charge in [-0.15, -0.1) is 11.8 Å². The Morgan fingerprint density at radius 3 is 2.63 bits per heavy atom. The summed E-state index contributed by atoms with van der Waals surface area (Å²) in [5.41, 5.74) is 7.88. The third-order valence-corrected chi connectivity index (χ3v) is 4.58. The van der Waals surface area contributed by atoms with Crippen molar-refractivity contribution in [1.29, 1.82) is 0 Å². The Morgan fingerprint density at radius 1 is 1.22 bits per heavy atom. The smallest absolute Gasteiger partial charge is 0.252 e. The van der Waals surface area contributed by atoms with Crippen molar-refractivity contribution in [2.75, 3.05) is 5.32 Å². The summed E-state index contributed by atoms with van der Waals surface area (Å²) in [5.74, 6) is 0.323. The summed E-state index contributed by atoms with van der Waals surface area (Å²) < 4.78 is 12.9. The number of H-pyrrole nitrogens is 1. The van der Waals surface area contributed by atoms with Crippen molar-refractivity contribution in [3.05, 3.63) is 82.0 Å². The van der Waals surface area contributed by atoms with Gasteiger partial charge >= 0.3 is 0 Å². The van der Waals surface area contributed by atoms with Crippen LogP contribution in [-0.2, 0) is 5.75 Å². The number of aryl methyl sites for hydroxylation is 1. The van der Waals surface area contributed by atoms with Gasteiger partial charge in [0, 0.05) is 22.4 Å². The molecule has 0 bridgehead atoms. The van der Waals surface area contributed by atoms with E-state index < -0.39 is 0 Å². The molecule has 0 atom stereocenters. The van der Waals surface area contributed by atoms with Crippen LogP contribution in [0.25, 0.3) is 0 Å². The predicted octanol–water partition coefficient (Wildman–Crippen LogP) is 3.57. The summed E-state index contributed by atoms with van der Waals surface area (Å²) in [5, 5.41) is 2.81. The van der Waals surface area contributed by atoms with Crippen LogP contribution < -0.4 is 16.6 Å². The quantitative estimate of drug-likeness (QED) is 0.356. The highest BCUT2D eigenvalue weighted by atomic mass is 32.2. The monoisotopic (exact) mass is 383 g/mol. The van der Waals surface area contributed by atoms with Crippen LogP contribution in [0.3, 0.4) is 0 Å². The van der Waals surface area contributed by atoms with E-state index in [1.807, 2.05) is 31.2 Å². The second-order valence-electron chi connectivity index (χ2n) is 5.79. The summed E-state index contributed by atoms with van der Waals surface area (Å²) in [6.07, 6.45) is 0. The first-order valence-electron chi connectivity index (χ1n) is 8.14. The maximum atomic E-state index is 12.9. The van der Waals surface area contributed by atoms with E-state index in [0.717, 1.165) is 4.90 Å². The van der Waals surface area contributed by atoms with Gasteiger partial charge in [0.1, 0.15) is 5.82 Å². The highest BCUT2D eigenvalue weighted by molar-refractivity contribution is 7.98. The molecular weight excluding hydrogens is 365 g/mol. The van der Waals surface area contributed by atoms with E-state index in [9.17, 15) is 9.18 Å². The predicted molar refractivity (Wildman–Crippen MR) is 107 cm³/mol. The molecule has 0 saturated heterocycles. The Balaban J connectivity index is 1.71. The fourth-order valence-corrected chi connectivity index (χ4v) is 3.03. The molecule has 0 unspecified atom stereocenters. The Labute approximate surface area is 159 Å². The Morgan fingerprint density at radius 2 is 1.93 bits per heavy atom.